The minimum Gasteiger partial charge on any atom is -0.320 e. The van der Waals surface area contributed by atoms with Gasteiger partial charge in [0.15, 0.2) is 5.69 Å². The first-order valence-corrected chi connectivity index (χ1v) is 10.9. The monoisotopic (exact) mass is 458 g/mol. The number of aryl methyl sites for hydroxylation is 1. The summed E-state index contributed by atoms with van der Waals surface area (Å²) in [5.74, 6) is -0.186. The fourth-order valence-electron chi connectivity index (χ4n) is 3.22. The van der Waals surface area contributed by atoms with Crippen molar-refractivity contribution < 1.29 is 9.59 Å². The van der Waals surface area contributed by atoms with E-state index < -0.39 is 0 Å². The number of amides is 1. The molecule has 0 aliphatic carbocycles. The molecule has 1 amide bonds. The minimum atomic E-state index is -0.341. The number of aromatic nitrogens is 3. The van der Waals surface area contributed by atoms with Crippen LogP contribution in [0.15, 0.2) is 36.4 Å². The quantitative estimate of drug-likeness (QED) is 0.498. The minimum absolute atomic E-state index is 0.155. The Morgan fingerprint density at radius 3 is 2.45 bits per heavy atom. The topological polar surface area (TPSA) is 76.9 Å². The predicted molar refractivity (Wildman–Crippen MR) is 123 cm³/mol. The number of benzene rings is 2. The van der Waals surface area contributed by atoms with Crippen LogP contribution in [0.25, 0.3) is 0 Å². The number of nitrogens with zero attached hydrogens (tertiary/aromatic N) is 3. The number of carbonyl (C=O) groups excluding carboxylic acids is 2. The molecule has 0 aliphatic rings. The second kappa shape index (κ2) is 10.1. The van der Waals surface area contributed by atoms with E-state index in [9.17, 15) is 9.59 Å². The molecule has 0 spiro atoms. The second-order valence-electron chi connectivity index (χ2n) is 7.30. The number of nitrogens with one attached hydrogen (secondary N) is 1. The lowest BCUT2D eigenvalue weighted by Crippen LogP contribution is -2.16. The van der Waals surface area contributed by atoms with Gasteiger partial charge in [-0.1, -0.05) is 60.5 Å². The van der Waals surface area contributed by atoms with E-state index in [2.05, 4.69) is 15.6 Å². The fraction of sp³-hybridized carbons (Fsp3) is 0.304. The Kier molecular flexibility index (Phi) is 7.46. The lowest BCUT2D eigenvalue weighted by Gasteiger charge is -2.12. The molecule has 1 heterocycles. The first kappa shape index (κ1) is 23.0. The Bertz CT molecular complexity index is 1120. The number of rotatable bonds is 8. The molecule has 6 nitrogen and oxygen atoms in total. The van der Waals surface area contributed by atoms with E-state index in [1.807, 2.05) is 38.1 Å². The van der Waals surface area contributed by atoms with E-state index in [4.69, 9.17) is 23.2 Å². The highest BCUT2D eigenvalue weighted by Gasteiger charge is 2.18. The highest BCUT2D eigenvalue weighted by atomic mass is 35.5. The van der Waals surface area contributed by atoms with Crippen molar-refractivity contribution in [3.63, 3.8) is 0 Å². The molecule has 0 saturated heterocycles. The third kappa shape index (κ3) is 5.51. The van der Waals surface area contributed by atoms with Crippen LogP contribution < -0.4 is 5.32 Å². The van der Waals surface area contributed by atoms with Gasteiger partial charge in [0, 0.05) is 18.5 Å². The first-order chi connectivity index (χ1) is 14.8. The van der Waals surface area contributed by atoms with Crippen molar-refractivity contribution in [2.45, 2.75) is 46.6 Å². The smallest absolute Gasteiger partial charge is 0.278 e. The number of Topliss-reactive ketones (excluding diaryl/α,β-unsaturated/α-hetero) is 1. The van der Waals surface area contributed by atoms with Crippen LogP contribution in [0.1, 0.15) is 53.1 Å². The summed E-state index contributed by atoms with van der Waals surface area (Å²) >= 11 is 12.1. The molecule has 0 unspecified atom stereocenters. The van der Waals surface area contributed by atoms with Gasteiger partial charge in [-0.3, -0.25) is 9.59 Å². The summed E-state index contributed by atoms with van der Waals surface area (Å²) in [5.41, 5.74) is 4.33. The molecule has 0 atom stereocenters. The molecule has 1 N–H and O–H groups in total. The maximum absolute atomic E-state index is 12.9. The van der Waals surface area contributed by atoms with Crippen LogP contribution in [0.4, 0.5) is 5.69 Å². The number of ketones is 1. The standard InChI is InChI=1S/C23H24Cl2N4O2/c1-4-17-8-6-15(10-18(30)5-2)12-21(17)26-23(31)22-14(3)29(28-27-22)13-16-7-9-19(24)20(25)11-16/h6-9,11-12H,4-5,10,13H2,1-3H3,(H,26,31). The number of halogens is 2. The normalized spacial score (nSPS) is 10.9. The van der Waals surface area contributed by atoms with Gasteiger partial charge >= 0.3 is 0 Å². The van der Waals surface area contributed by atoms with Crippen molar-refractivity contribution in [3.8, 4) is 0 Å². The highest BCUT2D eigenvalue weighted by molar-refractivity contribution is 6.42. The van der Waals surface area contributed by atoms with Gasteiger partial charge in [-0.05, 0) is 48.2 Å². The Morgan fingerprint density at radius 1 is 1.03 bits per heavy atom. The second-order valence-corrected chi connectivity index (χ2v) is 8.11. The summed E-state index contributed by atoms with van der Waals surface area (Å²) < 4.78 is 1.64. The highest BCUT2D eigenvalue weighted by Crippen LogP contribution is 2.24. The van der Waals surface area contributed by atoms with Crippen LogP contribution in [0.2, 0.25) is 10.0 Å². The van der Waals surface area contributed by atoms with Crippen molar-refractivity contribution in [1.82, 2.24) is 15.0 Å². The van der Waals surface area contributed by atoms with E-state index in [0.29, 0.717) is 40.8 Å². The average molecular weight is 459 g/mol. The largest absolute Gasteiger partial charge is 0.320 e. The van der Waals surface area contributed by atoms with Gasteiger partial charge in [0.25, 0.3) is 5.91 Å². The number of hydrogen-bond donors (Lipinski definition) is 1. The SMILES string of the molecule is CCC(=O)Cc1ccc(CC)c(NC(=O)c2nnn(Cc3ccc(Cl)c(Cl)c3)c2C)c1. The molecule has 31 heavy (non-hydrogen) atoms. The molecular formula is C23H24Cl2N4O2. The third-order valence-corrected chi connectivity index (χ3v) is 5.85. The lowest BCUT2D eigenvalue weighted by molar-refractivity contribution is -0.118. The van der Waals surface area contributed by atoms with Crippen molar-refractivity contribution in [2.24, 2.45) is 0 Å². The molecule has 0 fully saturated rings. The molecule has 0 saturated carbocycles. The van der Waals surface area contributed by atoms with E-state index in [1.165, 1.54) is 0 Å². The van der Waals surface area contributed by atoms with Crippen molar-refractivity contribution in [2.75, 3.05) is 5.32 Å². The number of carbonyl (C=O) groups is 2. The van der Waals surface area contributed by atoms with Gasteiger partial charge < -0.3 is 5.32 Å². The van der Waals surface area contributed by atoms with Crippen LogP contribution in [0.5, 0.6) is 0 Å². The molecule has 0 aliphatic heterocycles. The summed E-state index contributed by atoms with van der Waals surface area (Å²) in [6.45, 7) is 6.07. The molecule has 8 heteroatoms. The Labute approximate surface area is 191 Å². The lowest BCUT2D eigenvalue weighted by atomic mass is 10.0. The van der Waals surface area contributed by atoms with E-state index >= 15 is 0 Å². The molecule has 2 aromatic carbocycles. The zero-order chi connectivity index (χ0) is 22.5. The Hall–Kier alpha value is -2.70. The molecule has 0 bridgehead atoms. The summed E-state index contributed by atoms with van der Waals surface area (Å²) in [5, 5.41) is 12.1. The van der Waals surface area contributed by atoms with Crippen molar-refractivity contribution in [1.29, 1.82) is 0 Å². The van der Waals surface area contributed by atoms with E-state index in [1.54, 1.807) is 23.7 Å². The summed E-state index contributed by atoms with van der Waals surface area (Å²) in [6.07, 6.45) is 1.58. The van der Waals surface area contributed by atoms with E-state index in [0.717, 1.165) is 23.1 Å². The average Bonchev–Trinajstić information content (AvgIpc) is 3.11. The van der Waals surface area contributed by atoms with Crippen LogP contribution in [-0.2, 0) is 24.2 Å². The predicted octanol–water partition coefficient (Wildman–Crippen LogP) is 5.28. The zero-order valence-corrected chi connectivity index (χ0v) is 19.2. The van der Waals surface area contributed by atoms with Crippen molar-refractivity contribution in [3.05, 3.63) is 74.5 Å². The number of hydrogen-bond acceptors (Lipinski definition) is 4. The van der Waals surface area contributed by atoms with Gasteiger partial charge in [0.1, 0.15) is 5.78 Å². The first-order valence-electron chi connectivity index (χ1n) is 10.1. The van der Waals surface area contributed by atoms with Crippen LogP contribution in [0, 0.1) is 6.92 Å². The molecule has 162 valence electrons. The fourth-order valence-corrected chi connectivity index (χ4v) is 3.54. The summed E-state index contributed by atoms with van der Waals surface area (Å²) in [7, 11) is 0. The van der Waals surface area contributed by atoms with Gasteiger partial charge in [0.05, 0.1) is 22.3 Å². The summed E-state index contributed by atoms with van der Waals surface area (Å²) in [4.78, 5) is 24.7. The van der Waals surface area contributed by atoms with Crippen LogP contribution in [-0.4, -0.2) is 26.7 Å². The van der Waals surface area contributed by atoms with Crippen LogP contribution >= 0.6 is 23.2 Å². The van der Waals surface area contributed by atoms with Gasteiger partial charge in [0.2, 0.25) is 0 Å². The summed E-state index contributed by atoms with van der Waals surface area (Å²) in [6, 6.07) is 11.1. The van der Waals surface area contributed by atoms with Crippen molar-refractivity contribution >= 4 is 40.6 Å². The molecule has 1 aromatic heterocycles. The zero-order valence-electron chi connectivity index (χ0n) is 17.7. The van der Waals surface area contributed by atoms with Gasteiger partial charge in [-0.25, -0.2) is 4.68 Å². The molecule has 0 radical (unpaired) electrons. The Balaban J connectivity index is 1.80. The molecule has 3 rings (SSSR count). The van der Waals surface area contributed by atoms with Gasteiger partial charge in [-0.2, -0.15) is 0 Å². The van der Waals surface area contributed by atoms with Gasteiger partial charge in [-0.15, -0.1) is 5.10 Å². The molecular weight excluding hydrogens is 435 g/mol. The maximum atomic E-state index is 12.9. The Morgan fingerprint density at radius 2 is 1.77 bits per heavy atom. The maximum Gasteiger partial charge on any atom is 0.278 e. The van der Waals surface area contributed by atoms with Crippen LogP contribution in [0.3, 0.4) is 0 Å². The number of anilines is 1. The molecule has 3 aromatic rings. The van der Waals surface area contributed by atoms with E-state index in [-0.39, 0.29) is 17.4 Å². The third-order valence-electron chi connectivity index (χ3n) is 5.11.